The number of amides is 1. The summed E-state index contributed by atoms with van der Waals surface area (Å²) in [6, 6.07) is 13.8. The van der Waals surface area contributed by atoms with Gasteiger partial charge >= 0.3 is 0 Å². The Morgan fingerprint density at radius 3 is 2.03 bits per heavy atom. The number of carbonyl (C=O) groups is 1. The van der Waals surface area contributed by atoms with E-state index >= 15 is 0 Å². The Kier molecular flexibility index (Phi) is 7.34. The molecule has 0 radical (unpaired) electrons. The summed E-state index contributed by atoms with van der Waals surface area (Å²) >= 11 is 5.24. The first-order valence-electron chi connectivity index (χ1n) is 10.5. The molecular weight excluding hydrogens is 444 g/mol. The minimum absolute atomic E-state index is 0.00978. The molecule has 1 heterocycles. The van der Waals surface area contributed by atoms with Gasteiger partial charge in [0.2, 0.25) is 10.0 Å². The zero-order chi connectivity index (χ0) is 23.5. The molecule has 0 saturated carbocycles. The van der Waals surface area contributed by atoms with Crippen molar-refractivity contribution in [3.05, 3.63) is 59.7 Å². The second kappa shape index (κ2) is 9.66. The van der Waals surface area contributed by atoms with Crippen LogP contribution < -0.4 is 10.6 Å². The molecule has 0 spiro atoms. The molecule has 1 aliphatic heterocycles. The molecule has 2 aromatic carbocycles. The summed E-state index contributed by atoms with van der Waals surface area (Å²) in [7, 11) is -1.54. The number of benzene rings is 2. The fourth-order valence-electron chi connectivity index (χ4n) is 3.35. The average Bonchev–Trinajstić information content (AvgIpc) is 2.74. The Bertz CT molecular complexity index is 1070. The van der Waals surface area contributed by atoms with E-state index < -0.39 is 10.0 Å². The molecule has 0 atom stereocenters. The Balaban J connectivity index is 1.59. The zero-order valence-corrected chi connectivity index (χ0v) is 20.5. The molecule has 32 heavy (non-hydrogen) atoms. The molecule has 0 bridgehead atoms. The van der Waals surface area contributed by atoms with Crippen molar-refractivity contribution >= 4 is 38.9 Å². The maximum atomic E-state index is 12.8. The minimum atomic E-state index is -3.52. The van der Waals surface area contributed by atoms with Crippen LogP contribution in [-0.2, 0) is 15.4 Å². The van der Waals surface area contributed by atoms with Crippen LogP contribution in [0.3, 0.4) is 0 Å². The SMILES string of the molecule is CN1CCN(S(=O)(=O)c2ccc(NC(=S)NC(=O)c3ccc(C(C)(C)C)cc3)cc2)CC1. The van der Waals surface area contributed by atoms with Crippen LogP contribution in [0.2, 0.25) is 0 Å². The Morgan fingerprint density at radius 2 is 1.50 bits per heavy atom. The molecule has 0 unspecified atom stereocenters. The van der Waals surface area contributed by atoms with Crippen molar-refractivity contribution in [2.45, 2.75) is 31.1 Å². The molecule has 9 heteroatoms. The molecule has 1 aliphatic rings. The van der Waals surface area contributed by atoms with Crippen LogP contribution in [0.25, 0.3) is 0 Å². The quantitative estimate of drug-likeness (QED) is 0.663. The van der Waals surface area contributed by atoms with E-state index in [1.54, 1.807) is 36.4 Å². The van der Waals surface area contributed by atoms with Gasteiger partial charge in [-0.1, -0.05) is 32.9 Å². The van der Waals surface area contributed by atoms with E-state index in [1.165, 1.54) is 4.31 Å². The first-order valence-corrected chi connectivity index (χ1v) is 12.3. The molecule has 1 fully saturated rings. The van der Waals surface area contributed by atoms with Crippen molar-refractivity contribution in [2.24, 2.45) is 0 Å². The highest BCUT2D eigenvalue weighted by Crippen LogP contribution is 2.22. The van der Waals surface area contributed by atoms with Crippen LogP contribution in [0.4, 0.5) is 5.69 Å². The van der Waals surface area contributed by atoms with Gasteiger partial charge in [0, 0.05) is 37.4 Å². The maximum Gasteiger partial charge on any atom is 0.257 e. The number of rotatable bonds is 4. The van der Waals surface area contributed by atoms with Crippen LogP contribution in [-0.4, -0.2) is 61.9 Å². The van der Waals surface area contributed by atoms with Crippen LogP contribution in [0.5, 0.6) is 0 Å². The summed E-state index contributed by atoms with van der Waals surface area (Å²) in [6.45, 7) is 8.73. The lowest BCUT2D eigenvalue weighted by Crippen LogP contribution is -2.46. The first kappa shape index (κ1) is 24.3. The number of nitrogens with one attached hydrogen (secondary N) is 2. The molecule has 3 rings (SSSR count). The second-order valence-corrected chi connectivity index (χ2v) is 11.3. The van der Waals surface area contributed by atoms with Gasteiger partial charge in [0.1, 0.15) is 0 Å². The highest BCUT2D eigenvalue weighted by molar-refractivity contribution is 7.89. The van der Waals surface area contributed by atoms with Crippen LogP contribution in [0.1, 0.15) is 36.7 Å². The van der Waals surface area contributed by atoms with Gasteiger partial charge in [-0.05, 0) is 66.6 Å². The number of carbonyl (C=O) groups excluding carboxylic acids is 1. The van der Waals surface area contributed by atoms with E-state index in [2.05, 4.69) is 36.3 Å². The summed E-state index contributed by atoms with van der Waals surface area (Å²) < 4.78 is 27.1. The third kappa shape index (κ3) is 5.92. The van der Waals surface area contributed by atoms with Crippen LogP contribution >= 0.6 is 12.2 Å². The van der Waals surface area contributed by atoms with Gasteiger partial charge in [-0.3, -0.25) is 10.1 Å². The number of sulfonamides is 1. The van der Waals surface area contributed by atoms with Crippen molar-refractivity contribution < 1.29 is 13.2 Å². The summed E-state index contributed by atoms with van der Waals surface area (Å²) in [4.78, 5) is 14.8. The molecule has 1 amide bonds. The molecule has 2 aromatic rings. The number of hydrogen-bond acceptors (Lipinski definition) is 5. The van der Waals surface area contributed by atoms with Gasteiger partial charge in [0.15, 0.2) is 5.11 Å². The molecule has 0 aromatic heterocycles. The molecule has 7 nitrogen and oxygen atoms in total. The highest BCUT2D eigenvalue weighted by Gasteiger charge is 2.27. The molecule has 2 N–H and O–H groups in total. The van der Waals surface area contributed by atoms with Crippen LogP contribution in [0, 0.1) is 0 Å². The average molecular weight is 475 g/mol. The lowest BCUT2D eigenvalue weighted by molar-refractivity contribution is 0.0977. The fourth-order valence-corrected chi connectivity index (χ4v) is 4.98. The van der Waals surface area contributed by atoms with E-state index in [1.807, 2.05) is 19.2 Å². The van der Waals surface area contributed by atoms with Crippen molar-refractivity contribution in [3.63, 3.8) is 0 Å². The Morgan fingerprint density at radius 1 is 0.938 bits per heavy atom. The predicted molar refractivity (Wildman–Crippen MR) is 132 cm³/mol. The number of thiocarbonyl (C=S) groups is 1. The lowest BCUT2D eigenvalue weighted by atomic mass is 9.87. The number of anilines is 1. The third-order valence-electron chi connectivity index (χ3n) is 5.45. The summed E-state index contributed by atoms with van der Waals surface area (Å²) in [5.74, 6) is -0.308. The van der Waals surface area contributed by atoms with Crippen molar-refractivity contribution in [1.82, 2.24) is 14.5 Å². The van der Waals surface area contributed by atoms with Gasteiger partial charge in [-0.25, -0.2) is 8.42 Å². The Labute approximate surface area is 195 Å². The van der Waals surface area contributed by atoms with E-state index in [0.29, 0.717) is 37.4 Å². The van der Waals surface area contributed by atoms with Gasteiger partial charge in [0.05, 0.1) is 4.90 Å². The van der Waals surface area contributed by atoms with Gasteiger partial charge < -0.3 is 10.2 Å². The monoisotopic (exact) mass is 474 g/mol. The lowest BCUT2D eigenvalue weighted by Gasteiger charge is -2.31. The maximum absolute atomic E-state index is 12.8. The summed E-state index contributed by atoms with van der Waals surface area (Å²) in [6.07, 6.45) is 0. The van der Waals surface area contributed by atoms with Crippen molar-refractivity contribution in [3.8, 4) is 0 Å². The van der Waals surface area contributed by atoms with Gasteiger partial charge in [-0.15, -0.1) is 0 Å². The first-order chi connectivity index (χ1) is 15.0. The van der Waals surface area contributed by atoms with Crippen molar-refractivity contribution in [2.75, 3.05) is 38.5 Å². The number of nitrogens with zero attached hydrogens (tertiary/aromatic N) is 2. The van der Waals surface area contributed by atoms with E-state index in [-0.39, 0.29) is 21.3 Å². The largest absolute Gasteiger partial charge is 0.332 e. The zero-order valence-electron chi connectivity index (χ0n) is 18.9. The summed E-state index contributed by atoms with van der Waals surface area (Å²) in [5.41, 5.74) is 2.25. The fraction of sp³-hybridized carbons (Fsp3) is 0.391. The number of likely N-dealkylation sites (N-methyl/N-ethyl adjacent to an activating group) is 1. The summed E-state index contributed by atoms with van der Waals surface area (Å²) in [5, 5.41) is 5.72. The van der Waals surface area contributed by atoms with Crippen molar-refractivity contribution in [1.29, 1.82) is 0 Å². The Hall–Kier alpha value is -2.33. The minimum Gasteiger partial charge on any atom is -0.332 e. The number of piperazine rings is 1. The van der Waals surface area contributed by atoms with E-state index in [4.69, 9.17) is 12.2 Å². The van der Waals surface area contributed by atoms with E-state index in [9.17, 15) is 13.2 Å². The second-order valence-electron chi connectivity index (χ2n) is 8.97. The number of hydrogen-bond donors (Lipinski definition) is 2. The molecule has 172 valence electrons. The normalized spacial score (nSPS) is 15.9. The molecule has 0 aliphatic carbocycles. The van der Waals surface area contributed by atoms with Gasteiger partial charge in [0.25, 0.3) is 5.91 Å². The smallest absolute Gasteiger partial charge is 0.257 e. The van der Waals surface area contributed by atoms with Gasteiger partial charge in [-0.2, -0.15) is 4.31 Å². The van der Waals surface area contributed by atoms with E-state index in [0.717, 1.165) is 5.56 Å². The predicted octanol–water partition coefficient (Wildman–Crippen LogP) is 3.05. The third-order valence-corrected chi connectivity index (χ3v) is 7.57. The molecular formula is C23H30N4O3S2. The van der Waals surface area contributed by atoms with Crippen LogP contribution in [0.15, 0.2) is 53.4 Å². The highest BCUT2D eigenvalue weighted by atomic mass is 32.2. The standard InChI is InChI=1S/C23H30N4O3S2/c1-23(2,3)18-7-5-17(6-8-18)21(28)25-22(31)24-19-9-11-20(12-10-19)32(29,30)27-15-13-26(4)14-16-27/h5-12H,13-16H2,1-4H3,(H2,24,25,28,31). The molecule has 1 saturated heterocycles. The topological polar surface area (TPSA) is 81.8 Å².